The standard InChI is InChI=1S/C10H12ClN5O.C2H6/c1-5-2-3-6(17-5)16-4-13-7-8(12)14-10(11)15-9(7)16;1-2/h4-6H,2-3H2,1H3,(H2,12,14,15);1-2H3. The van der Waals surface area contributed by atoms with Gasteiger partial charge in [0.05, 0.1) is 12.4 Å². The van der Waals surface area contributed by atoms with Crippen molar-refractivity contribution >= 4 is 28.6 Å². The molecule has 2 aromatic heterocycles. The van der Waals surface area contributed by atoms with Crippen LogP contribution in [0.25, 0.3) is 11.2 Å². The second kappa shape index (κ2) is 5.71. The Morgan fingerprint density at radius 2 is 2.11 bits per heavy atom. The summed E-state index contributed by atoms with van der Waals surface area (Å²) in [7, 11) is 0. The normalized spacial score (nSPS) is 22.3. The van der Waals surface area contributed by atoms with E-state index >= 15 is 0 Å². The maximum absolute atomic E-state index is 5.80. The monoisotopic (exact) mass is 283 g/mol. The van der Waals surface area contributed by atoms with Crippen LogP contribution in [0.5, 0.6) is 0 Å². The van der Waals surface area contributed by atoms with Crippen molar-refractivity contribution in [3.8, 4) is 0 Å². The molecule has 3 rings (SSSR count). The highest BCUT2D eigenvalue weighted by Gasteiger charge is 2.25. The molecule has 7 heteroatoms. The third kappa shape index (κ3) is 2.64. The summed E-state index contributed by atoms with van der Waals surface area (Å²) >= 11 is 5.80. The number of hydrogen-bond acceptors (Lipinski definition) is 5. The molecular weight excluding hydrogens is 266 g/mol. The molecule has 3 heterocycles. The average Bonchev–Trinajstić information content (AvgIpc) is 2.97. The minimum Gasteiger partial charge on any atom is -0.382 e. The van der Waals surface area contributed by atoms with Crippen LogP contribution >= 0.6 is 11.6 Å². The van der Waals surface area contributed by atoms with Gasteiger partial charge in [0.2, 0.25) is 5.28 Å². The number of hydrogen-bond donors (Lipinski definition) is 1. The topological polar surface area (TPSA) is 78.9 Å². The van der Waals surface area contributed by atoms with E-state index in [0.29, 0.717) is 17.0 Å². The second-order valence-corrected chi connectivity index (χ2v) is 4.52. The Hall–Kier alpha value is -1.40. The van der Waals surface area contributed by atoms with E-state index in [1.165, 1.54) is 0 Å². The first-order chi connectivity index (χ1) is 9.15. The molecule has 2 atom stereocenters. The summed E-state index contributed by atoms with van der Waals surface area (Å²) in [6.45, 7) is 6.05. The molecule has 0 aliphatic carbocycles. The van der Waals surface area contributed by atoms with Gasteiger partial charge in [0.1, 0.15) is 11.7 Å². The highest BCUT2D eigenvalue weighted by molar-refractivity contribution is 6.28. The number of rotatable bonds is 1. The lowest BCUT2D eigenvalue weighted by Crippen LogP contribution is -2.09. The van der Waals surface area contributed by atoms with Gasteiger partial charge in [-0.25, -0.2) is 4.98 Å². The fourth-order valence-electron chi connectivity index (χ4n) is 2.11. The molecule has 0 saturated carbocycles. The van der Waals surface area contributed by atoms with Crippen LogP contribution in [0.2, 0.25) is 5.28 Å². The van der Waals surface area contributed by atoms with Gasteiger partial charge in [0.15, 0.2) is 11.5 Å². The first kappa shape index (κ1) is 14.0. The summed E-state index contributed by atoms with van der Waals surface area (Å²) in [5, 5.41) is 0.128. The molecule has 2 N–H and O–H groups in total. The van der Waals surface area contributed by atoms with Crippen molar-refractivity contribution in [3.05, 3.63) is 11.6 Å². The minimum absolute atomic E-state index is 0.0413. The molecule has 0 bridgehead atoms. The van der Waals surface area contributed by atoms with Gasteiger partial charge in [-0.05, 0) is 31.4 Å². The van der Waals surface area contributed by atoms with Gasteiger partial charge in [0, 0.05) is 0 Å². The van der Waals surface area contributed by atoms with Crippen molar-refractivity contribution in [2.45, 2.75) is 45.9 Å². The average molecular weight is 284 g/mol. The molecule has 1 aliphatic rings. The number of anilines is 1. The molecule has 0 amide bonds. The summed E-state index contributed by atoms with van der Waals surface area (Å²) < 4.78 is 7.64. The van der Waals surface area contributed by atoms with E-state index in [1.807, 2.05) is 18.4 Å². The maximum atomic E-state index is 5.80. The van der Waals surface area contributed by atoms with Crippen molar-refractivity contribution in [1.29, 1.82) is 0 Å². The number of nitrogens with zero attached hydrogens (tertiary/aromatic N) is 4. The quantitative estimate of drug-likeness (QED) is 0.814. The van der Waals surface area contributed by atoms with Crippen molar-refractivity contribution in [3.63, 3.8) is 0 Å². The highest BCUT2D eigenvalue weighted by atomic mass is 35.5. The van der Waals surface area contributed by atoms with Crippen LogP contribution in [0.15, 0.2) is 6.33 Å². The van der Waals surface area contributed by atoms with Gasteiger partial charge in [-0.3, -0.25) is 4.57 Å². The molecule has 104 valence electrons. The number of fused-ring (bicyclic) bond motifs is 1. The number of nitrogen functional groups attached to an aromatic ring is 1. The van der Waals surface area contributed by atoms with Gasteiger partial charge < -0.3 is 10.5 Å². The Morgan fingerprint density at radius 1 is 1.37 bits per heavy atom. The van der Waals surface area contributed by atoms with Crippen molar-refractivity contribution in [1.82, 2.24) is 19.5 Å². The Kier molecular flexibility index (Phi) is 4.21. The second-order valence-electron chi connectivity index (χ2n) is 4.18. The molecule has 2 unspecified atom stereocenters. The van der Waals surface area contributed by atoms with Gasteiger partial charge >= 0.3 is 0 Å². The lowest BCUT2D eigenvalue weighted by Gasteiger charge is -2.12. The Morgan fingerprint density at radius 3 is 2.74 bits per heavy atom. The predicted octanol–water partition coefficient (Wildman–Crippen LogP) is 2.79. The zero-order valence-electron chi connectivity index (χ0n) is 11.3. The van der Waals surface area contributed by atoms with E-state index in [-0.39, 0.29) is 17.6 Å². The van der Waals surface area contributed by atoms with Crippen LogP contribution in [0.4, 0.5) is 5.82 Å². The number of imidazole rings is 1. The first-order valence-electron chi connectivity index (χ1n) is 6.46. The molecule has 19 heavy (non-hydrogen) atoms. The van der Waals surface area contributed by atoms with Crippen LogP contribution < -0.4 is 5.73 Å². The molecule has 0 aromatic carbocycles. The van der Waals surface area contributed by atoms with Crippen molar-refractivity contribution in [2.24, 2.45) is 0 Å². The molecule has 0 spiro atoms. The van der Waals surface area contributed by atoms with E-state index in [0.717, 1.165) is 12.8 Å². The van der Waals surface area contributed by atoms with Crippen LogP contribution in [-0.2, 0) is 4.74 Å². The lowest BCUT2D eigenvalue weighted by atomic mass is 10.2. The smallest absolute Gasteiger partial charge is 0.226 e. The molecule has 2 aromatic rings. The maximum Gasteiger partial charge on any atom is 0.226 e. The largest absolute Gasteiger partial charge is 0.382 e. The van der Waals surface area contributed by atoms with E-state index < -0.39 is 0 Å². The SMILES string of the molecule is CC.CC1CCC(n2cnc3c(N)nc(Cl)nc32)O1. The molecule has 6 nitrogen and oxygen atoms in total. The number of halogens is 1. The van der Waals surface area contributed by atoms with Crippen LogP contribution in [-0.4, -0.2) is 25.6 Å². The van der Waals surface area contributed by atoms with E-state index in [2.05, 4.69) is 21.9 Å². The van der Waals surface area contributed by atoms with Gasteiger partial charge in [-0.1, -0.05) is 13.8 Å². The fourth-order valence-corrected chi connectivity index (χ4v) is 2.28. The van der Waals surface area contributed by atoms with Crippen LogP contribution in [0.1, 0.15) is 39.8 Å². The fraction of sp³-hybridized carbons (Fsp3) is 0.583. The number of ether oxygens (including phenoxy) is 1. The summed E-state index contributed by atoms with van der Waals surface area (Å²) in [6.07, 6.45) is 3.86. The Labute approximate surface area is 117 Å². The molecule has 1 saturated heterocycles. The minimum atomic E-state index is -0.0413. The molecular formula is C12H18ClN5O. The van der Waals surface area contributed by atoms with E-state index in [1.54, 1.807) is 6.33 Å². The van der Waals surface area contributed by atoms with Gasteiger partial charge in [0.25, 0.3) is 0 Å². The first-order valence-corrected chi connectivity index (χ1v) is 6.84. The summed E-state index contributed by atoms with van der Waals surface area (Å²) in [6, 6.07) is 0. The van der Waals surface area contributed by atoms with Gasteiger partial charge in [-0.2, -0.15) is 9.97 Å². The highest BCUT2D eigenvalue weighted by Crippen LogP contribution is 2.31. The number of nitrogens with two attached hydrogens (primary N) is 1. The lowest BCUT2D eigenvalue weighted by molar-refractivity contribution is 0.0132. The molecule has 0 radical (unpaired) electrons. The molecule has 1 aliphatic heterocycles. The van der Waals surface area contributed by atoms with Gasteiger partial charge in [-0.15, -0.1) is 0 Å². The predicted molar refractivity (Wildman–Crippen MR) is 74.9 cm³/mol. The Bertz CT molecular complexity index is 570. The summed E-state index contributed by atoms with van der Waals surface area (Å²) in [5.41, 5.74) is 6.94. The molecule has 1 fully saturated rings. The summed E-state index contributed by atoms with van der Waals surface area (Å²) in [4.78, 5) is 12.2. The number of aromatic nitrogens is 4. The van der Waals surface area contributed by atoms with Crippen LogP contribution in [0.3, 0.4) is 0 Å². The van der Waals surface area contributed by atoms with Crippen molar-refractivity contribution in [2.75, 3.05) is 5.73 Å². The van der Waals surface area contributed by atoms with E-state index in [4.69, 9.17) is 22.1 Å². The van der Waals surface area contributed by atoms with E-state index in [9.17, 15) is 0 Å². The third-order valence-corrected chi connectivity index (χ3v) is 3.11. The zero-order valence-corrected chi connectivity index (χ0v) is 12.1. The van der Waals surface area contributed by atoms with Crippen LogP contribution in [0, 0.1) is 0 Å². The van der Waals surface area contributed by atoms with Crippen molar-refractivity contribution < 1.29 is 4.74 Å². The third-order valence-electron chi connectivity index (χ3n) is 2.94. The Balaban J connectivity index is 0.000000637. The zero-order chi connectivity index (χ0) is 14.0. The summed E-state index contributed by atoms with van der Waals surface area (Å²) in [5.74, 6) is 0.296.